The maximum Gasteiger partial charge on any atom is 0.312 e. The van der Waals surface area contributed by atoms with Crippen molar-refractivity contribution in [3.63, 3.8) is 0 Å². The standard InChI is InChI=1S/C47H50N8O7S/c56-45(52-63(59,60)34-19-41(55(57)58)44(50-24-34)51-25-37-38-26-61-27-39(37)38)36-8-7-31(18-42(36)62-33-17-29-9-13-48-43(29)49-23-33)53-15-11-46(12-16-53)21-32(22-46)54-14-10-30-20-47(30,54)40-4-2-1-3-35(40)28-5-6-28/h1-4,7-9,13,17-19,23-24,28,30,32,37-39H,5-6,10-12,14-16,20-22,25-27H2,(H,48,49)(H,50,51)(H,52,56)/t30?,37?,38?,39?,47-/m0/s1. The zero-order chi connectivity index (χ0) is 42.7. The van der Waals surface area contributed by atoms with Gasteiger partial charge in [-0.3, -0.25) is 19.8 Å². The number of sulfonamides is 1. The fourth-order valence-corrected chi connectivity index (χ4v) is 12.9. The number of rotatable bonds is 13. The summed E-state index contributed by atoms with van der Waals surface area (Å²) in [4.78, 5) is 41.7. The lowest BCUT2D eigenvalue weighted by Crippen LogP contribution is -2.56. The van der Waals surface area contributed by atoms with E-state index in [-0.39, 0.29) is 22.7 Å². The van der Waals surface area contributed by atoms with E-state index in [4.69, 9.17) is 9.47 Å². The lowest BCUT2D eigenvalue weighted by Gasteiger charge is -2.56. The highest BCUT2D eigenvalue weighted by molar-refractivity contribution is 7.90. The van der Waals surface area contributed by atoms with E-state index in [0.29, 0.717) is 60.4 Å². The van der Waals surface area contributed by atoms with Gasteiger partial charge < -0.3 is 24.7 Å². The van der Waals surface area contributed by atoms with Crippen LogP contribution < -0.4 is 19.7 Å². The topological polar surface area (TPSA) is 185 Å². The van der Waals surface area contributed by atoms with Crippen molar-refractivity contribution >= 4 is 44.2 Å². The fourth-order valence-electron chi connectivity index (χ4n) is 12.0. The Labute approximate surface area is 365 Å². The summed E-state index contributed by atoms with van der Waals surface area (Å²) < 4.78 is 41.3. The molecule has 12 rings (SSSR count). The fraction of sp³-hybridized carbons (Fsp3) is 0.468. The normalized spacial score (nSPS) is 27.1. The van der Waals surface area contributed by atoms with Crippen molar-refractivity contribution in [2.24, 2.45) is 29.1 Å². The Kier molecular flexibility index (Phi) is 8.97. The maximum absolute atomic E-state index is 13.9. The third kappa shape index (κ3) is 6.74. The molecule has 326 valence electrons. The number of aromatic nitrogens is 3. The number of H-pyrrole nitrogens is 1. The lowest BCUT2D eigenvalue weighted by molar-refractivity contribution is -0.384. The molecule has 3 unspecified atom stereocenters. The minimum Gasteiger partial charge on any atom is -0.455 e. The minimum atomic E-state index is -4.59. The number of nitro groups is 1. The quantitative estimate of drug-likeness (QED) is 0.0792. The lowest BCUT2D eigenvalue weighted by atomic mass is 9.59. The van der Waals surface area contributed by atoms with Gasteiger partial charge in [-0.25, -0.2) is 23.1 Å². The largest absolute Gasteiger partial charge is 0.455 e. The van der Waals surface area contributed by atoms with Crippen LogP contribution in [0.5, 0.6) is 11.5 Å². The van der Waals surface area contributed by atoms with Crippen LogP contribution in [0, 0.1) is 39.2 Å². The van der Waals surface area contributed by atoms with Crippen LogP contribution in [0.1, 0.15) is 78.8 Å². The van der Waals surface area contributed by atoms with Crippen molar-refractivity contribution in [3.8, 4) is 11.5 Å². The first-order valence-electron chi connectivity index (χ1n) is 22.5. The number of fused-ring (bicyclic) bond motifs is 3. The molecule has 3 aliphatic heterocycles. The Balaban J connectivity index is 0.751. The van der Waals surface area contributed by atoms with E-state index in [2.05, 4.69) is 59.1 Å². The molecule has 15 nitrogen and oxygen atoms in total. The summed E-state index contributed by atoms with van der Waals surface area (Å²) in [6.07, 6.45) is 14.2. The summed E-state index contributed by atoms with van der Waals surface area (Å²) in [5.74, 6) is 2.27. The monoisotopic (exact) mass is 870 g/mol. The Morgan fingerprint density at radius 2 is 1.78 bits per heavy atom. The third-order valence-corrected chi connectivity index (χ3v) is 17.0. The van der Waals surface area contributed by atoms with Crippen LogP contribution in [0.2, 0.25) is 0 Å². The smallest absolute Gasteiger partial charge is 0.312 e. The van der Waals surface area contributed by atoms with Crippen molar-refractivity contribution in [1.29, 1.82) is 0 Å². The van der Waals surface area contributed by atoms with Gasteiger partial charge in [-0.1, -0.05) is 24.3 Å². The number of hydrogen-bond donors (Lipinski definition) is 3. The molecule has 63 heavy (non-hydrogen) atoms. The predicted molar refractivity (Wildman–Crippen MR) is 234 cm³/mol. The molecule has 2 aromatic carbocycles. The number of hydrogen-bond acceptors (Lipinski definition) is 12. The van der Waals surface area contributed by atoms with Crippen LogP contribution in [0.25, 0.3) is 11.0 Å². The van der Waals surface area contributed by atoms with E-state index in [9.17, 15) is 23.3 Å². The van der Waals surface area contributed by atoms with Crippen LogP contribution >= 0.6 is 0 Å². The molecule has 5 aromatic rings. The highest BCUT2D eigenvalue weighted by atomic mass is 32.2. The van der Waals surface area contributed by atoms with Gasteiger partial charge in [0.1, 0.15) is 22.0 Å². The molecule has 7 aliphatic rings. The van der Waals surface area contributed by atoms with Gasteiger partial charge in [0.2, 0.25) is 5.82 Å². The zero-order valence-corrected chi connectivity index (χ0v) is 35.7. The number of pyridine rings is 2. The second-order valence-electron chi connectivity index (χ2n) is 19.2. The Morgan fingerprint density at radius 1 is 0.968 bits per heavy atom. The Hall–Kier alpha value is -5.58. The number of anilines is 2. The van der Waals surface area contributed by atoms with E-state index < -0.39 is 31.4 Å². The van der Waals surface area contributed by atoms with Crippen LogP contribution in [-0.4, -0.2) is 84.5 Å². The van der Waals surface area contributed by atoms with Gasteiger partial charge in [-0.15, -0.1) is 0 Å². The molecule has 4 aliphatic carbocycles. The molecule has 3 N–H and O–H groups in total. The van der Waals surface area contributed by atoms with Crippen molar-refractivity contribution in [2.45, 2.75) is 73.8 Å². The number of nitrogens with one attached hydrogen (secondary N) is 3. The zero-order valence-electron chi connectivity index (χ0n) is 34.9. The predicted octanol–water partition coefficient (Wildman–Crippen LogP) is 7.33. The molecule has 0 bridgehead atoms. The first kappa shape index (κ1) is 39.0. The maximum atomic E-state index is 13.9. The van der Waals surface area contributed by atoms with Crippen LogP contribution in [0.3, 0.4) is 0 Å². The summed E-state index contributed by atoms with van der Waals surface area (Å²) in [5.41, 5.74) is 4.81. The van der Waals surface area contributed by atoms with Gasteiger partial charge in [0.25, 0.3) is 15.9 Å². The number of ether oxygens (including phenoxy) is 2. The van der Waals surface area contributed by atoms with Gasteiger partial charge in [0.15, 0.2) is 0 Å². The second-order valence-corrected chi connectivity index (χ2v) is 20.9. The van der Waals surface area contributed by atoms with Gasteiger partial charge in [0, 0.05) is 60.6 Å². The first-order chi connectivity index (χ1) is 30.6. The molecular weight excluding hydrogens is 821 g/mol. The Morgan fingerprint density at radius 3 is 2.56 bits per heavy atom. The summed E-state index contributed by atoms with van der Waals surface area (Å²) in [5, 5.41) is 15.9. The number of benzene rings is 2. The van der Waals surface area contributed by atoms with Gasteiger partial charge >= 0.3 is 5.69 Å². The molecule has 4 saturated carbocycles. The number of carbonyl (C=O) groups excluding carboxylic acids is 1. The molecule has 0 radical (unpaired) electrons. The molecule has 1 spiro atoms. The average Bonchev–Trinajstić information content (AvgIpc) is 4.22. The molecular formula is C47H50N8O7S. The van der Waals surface area contributed by atoms with Crippen LogP contribution in [0.15, 0.2) is 84.1 Å². The average molecular weight is 871 g/mol. The van der Waals surface area contributed by atoms with Crippen LogP contribution in [0.4, 0.5) is 17.2 Å². The number of aromatic amines is 1. The molecule has 7 fully saturated rings. The molecule has 6 heterocycles. The highest BCUT2D eigenvalue weighted by Gasteiger charge is 2.67. The van der Waals surface area contributed by atoms with E-state index in [0.717, 1.165) is 61.1 Å². The minimum absolute atomic E-state index is 0.0207. The number of piperidine rings is 2. The summed E-state index contributed by atoms with van der Waals surface area (Å²) in [6.45, 7) is 4.73. The van der Waals surface area contributed by atoms with E-state index in [1.54, 1.807) is 41.7 Å². The SMILES string of the molecule is O=C(NS(=O)(=O)c1cnc(NCC2C3COCC23)c([N+](=O)[O-])c1)c1ccc(N2CCC3(CC2)CC(N2CCC4C[C@@]42c2ccccc2C2CC2)C3)cc1Oc1cnc2[nH]ccc2c1. The molecule has 4 atom stereocenters. The third-order valence-electron chi connectivity index (χ3n) is 15.7. The molecule has 3 aromatic heterocycles. The van der Waals surface area contributed by atoms with E-state index >= 15 is 0 Å². The number of nitrogens with zero attached hydrogens (tertiary/aromatic N) is 5. The van der Waals surface area contributed by atoms with Crippen LogP contribution in [-0.2, 0) is 20.3 Å². The van der Waals surface area contributed by atoms with Gasteiger partial charge in [-0.2, -0.15) is 0 Å². The summed E-state index contributed by atoms with van der Waals surface area (Å²) in [7, 11) is -4.59. The van der Waals surface area contributed by atoms with Crippen molar-refractivity contribution < 1.29 is 27.6 Å². The molecule has 1 amide bonds. The number of likely N-dealkylation sites (tertiary alicyclic amines) is 1. The molecule has 16 heteroatoms. The van der Waals surface area contributed by atoms with Gasteiger partial charge in [0.05, 0.1) is 36.1 Å². The van der Waals surface area contributed by atoms with Crippen molar-refractivity contribution in [1.82, 2.24) is 24.6 Å². The van der Waals surface area contributed by atoms with Crippen molar-refractivity contribution in [2.75, 3.05) is 49.6 Å². The second kappa shape index (κ2) is 14.5. The summed E-state index contributed by atoms with van der Waals surface area (Å²) in [6, 6.07) is 19.7. The number of amides is 1. The number of carbonyl (C=O) groups is 1. The Bertz CT molecular complexity index is 2770. The van der Waals surface area contributed by atoms with Gasteiger partial charge in [-0.05, 0) is 128 Å². The highest BCUT2D eigenvalue weighted by Crippen LogP contribution is 2.68. The van der Waals surface area contributed by atoms with E-state index in [1.807, 2.05) is 12.1 Å². The molecule has 3 saturated heterocycles. The van der Waals surface area contributed by atoms with E-state index in [1.165, 1.54) is 45.1 Å². The first-order valence-corrected chi connectivity index (χ1v) is 24.0. The summed E-state index contributed by atoms with van der Waals surface area (Å²) >= 11 is 0. The van der Waals surface area contributed by atoms with Crippen molar-refractivity contribution in [3.05, 3.63) is 106 Å².